The van der Waals surface area contributed by atoms with Crippen LogP contribution in [-0.4, -0.2) is 30.8 Å². The first-order valence-corrected chi connectivity index (χ1v) is 10.4. The molecule has 0 bridgehead atoms. The van der Waals surface area contributed by atoms with Crippen LogP contribution in [-0.2, 0) is 26.1 Å². The molecule has 0 aliphatic carbocycles. The van der Waals surface area contributed by atoms with Crippen molar-refractivity contribution in [3.8, 4) is 0 Å². The van der Waals surface area contributed by atoms with Crippen LogP contribution in [0.25, 0.3) is 0 Å². The summed E-state index contributed by atoms with van der Waals surface area (Å²) >= 11 is 5.76. The van der Waals surface area contributed by atoms with Crippen LogP contribution in [0.3, 0.4) is 0 Å². The molecule has 0 spiro atoms. The SMILES string of the molecule is CC(C)(C)OC(=O)CN(Cc1ccc(Cl)cc1)S(=O)(=O)c1c(F)c(F)c(F)c(F)c1F. The van der Waals surface area contributed by atoms with E-state index in [0.29, 0.717) is 5.02 Å². The van der Waals surface area contributed by atoms with Crippen LogP contribution in [0, 0.1) is 29.1 Å². The zero-order valence-corrected chi connectivity index (χ0v) is 18.1. The van der Waals surface area contributed by atoms with Crippen molar-refractivity contribution in [2.45, 2.75) is 37.8 Å². The number of hydrogen-bond donors (Lipinski definition) is 0. The molecule has 0 aliphatic rings. The second-order valence-corrected chi connectivity index (χ2v) is 9.70. The van der Waals surface area contributed by atoms with Crippen molar-refractivity contribution in [2.75, 3.05) is 6.54 Å². The van der Waals surface area contributed by atoms with Gasteiger partial charge in [-0.2, -0.15) is 4.31 Å². The molecule has 2 aromatic rings. The van der Waals surface area contributed by atoms with Gasteiger partial charge in [0.15, 0.2) is 28.2 Å². The summed E-state index contributed by atoms with van der Waals surface area (Å²) in [6.45, 7) is 2.78. The van der Waals surface area contributed by atoms with Gasteiger partial charge in [-0.1, -0.05) is 23.7 Å². The fraction of sp³-hybridized carbons (Fsp3) is 0.316. The maximum Gasteiger partial charge on any atom is 0.321 e. The number of rotatable bonds is 6. The van der Waals surface area contributed by atoms with Gasteiger partial charge in [0.2, 0.25) is 15.8 Å². The van der Waals surface area contributed by atoms with E-state index in [1.54, 1.807) is 0 Å². The molecular weight excluding hydrogens is 469 g/mol. The lowest BCUT2D eigenvalue weighted by Gasteiger charge is -2.25. The summed E-state index contributed by atoms with van der Waals surface area (Å²) in [6, 6.07) is 5.48. The van der Waals surface area contributed by atoms with Crippen LogP contribution in [0.2, 0.25) is 5.02 Å². The standard InChI is InChI=1S/C19H17ClF5NO4S/c1-19(2,3)30-12(27)9-26(8-10-4-6-11(20)7-5-10)31(28,29)18-16(24)14(22)13(21)15(23)17(18)25/h4-7H,8-9H2,1-3H3. The maximum atomic E-state index is 14.2. The maximum absolute atomic E-state index is 14.2. The number of sulfonamides is 1. The van der Waals surface area contributed by atoms with Gasteiger partial charge in [-0.05, 0) is 38.5 Å². The van der Waals surface area contributed by atoms with Gasteiger partial charge in [0.1, 0.15) is 12.1 Å². The Kier molecular flexibility index (Phi) is 7.34. The first kappa shape index (κ1) is 25.0. The van der Waals surface area contributed by atoms with Crippen molar-refractivity contribution in [1.29, 1.82) is 0 Å². The average Bonchev–Trinajstić information content (AvgIpc) is 2.64. The highest BCUT2D eigenvalue weighted by molar-refractivity contribution is 7.89. The molecule has 0 saturated heterocycles. The molecular formula is C19H17ClF5NO4S. The van der Waals surface area contributed by atoms with Gasteiger partial charge in [-0.3, -0.25) is 4.79 Å². The third kappa shape index (κ3) is 5.72. The minimum absolute atomic E-state index is 0.223. The molecule has 0 unspecified atom stereocenters. The van der Waals surface area contributed by atoms with Gasteiger partial charge in [-0.25, -0.2) is 30.4 Å². The summed E-state index contributed by atoms with van der Waals surface area (Å²) < 4.78 is 100. The zero-order chi connectivity index (χ0) is 23.7. The number of carbonyl (C=O) groups is 1. The van der Waals surface area contributed by atoms with Crippen LogP contribution in [0.4, 0.5) is 22.0 Å². The number of carbonyl (C=O) groups excluding carboxylic acids is 1. The number of ether oxygens (including phenoxy) is 1. The van der Waals surface area contributed by atoms with E-state index in [0.717, 1.165) is 0 Å². The summed E-state index contributed by atoms with van der Waals surface area (Å²) in [5, 5.41) is 0.296. The number of esters is 1. The summed E-state index contributed by atoms with van der Waals surface area (Å²) in [4.78, 5) is 10.1. The normalized spacial score (nSPS) is 12.3. The van der Waals surface area contributed by atoms with Crippen LogP contribution < -0.4 is 0 Å². The van der Waals surface area contributed by atoms with E-state index in [9.17, 15) is 35.2 Å². The Bertz CT molecular complexity index is 1070. The number of halogens is 6. The van der Waals surface area contributed by atoms with Crippen molar-refractivity contribution in [3.05, 3.63) is 63.9 Å². The van der Waals surface area contributed by atoms with Crippen LogP contribution >= 0.6 is 11.6 Å². The van der Waals surface area contributed by atoms with Gasteiger partial charge >= 0.3 is 5.97 Å². The van der Waals surface area contributed by atoms with Crippen LogP contribution in [0.1, 0.15) is 26.3 Å². The third-order valence-electron chi connectivity index (χ3n) is 3.77. The van der Waals surface area contributed by atoms with Crippen LogP contribution in [0.5, 0.6) is 0 Å². The molecule has 2 aromatic carbocycles. The largest absolute Gasteiger partial charge is 0.459 e. The molecule has 0 radical (unpaired) electrons. The van der Waals surface area contributed by atoms with E-state index in [2.05, 4.69) is 0 Å². The number of hydrogen-bond acceptors (Lipinski definition) is 4. The zero-order valence-electron chi connectivity index (χ0n) is 16.5. The lowest BCUT2D eigenvalue weighted by Crippen LogP contribution is -2.39. The molecule has 0 atom stereocenters. The molecule has 0 fully saturated rings. The molecule has 0 heterocycles. The van der Waals surface area contributed by atoms with Crippen molar-refractivity contribution >= 4 is 27.6 Å². The smallest absolute Gasteiger partial charge is 0.321 e. The molecule has 31 heavy (non-hydrogen) atoms. The molecule has 2 rings (SSSR count). The quantitative estimate of drug-likeness (QED) is 0.260. The molecule has 0 amide bonds. The van der Waals surface area contributed by atoms with E-state index in [1.807, 2.05) is 0 Å². The third-order valence-corrected chi connectivity index (χ3v) is 5.83. The molecule has 5 nitrogen and oxygen atoms in total. The van der Waals surface area contributed by atoms with Crippen molar-refractivity contribution in [2.24, 2.45) is 0 Å². The first-order chi connectivity index (χ1) is 14.1. The van der Waals surface area contributed by atoms with E-state index < -0.39 is 68.7 Å². The Morgan fingerprint density at radius 1 is 0.935 bits per heavy atom. The van der Waals surface area contributed by atoms with Crippen molar-refractivity contribution < 1.29 is 39.9 Å². The van der Waals surface area contributed by atoms with E-state index in [4.69, 9.17) is 16.3 Å². The Morgan fingerprint density at radius 2 is 1.39 bits per heavy atom. The van der Waals surface area contributed by atoms with Gasteiger partial charge in [-0.15, -0.1) is 0 Å². The van der Waals surface area contributed by atoms with Gasteiger partial charge < -0.3 is 4.74 Å². The highest BCUT2D eigenvalue weighted by Gasteiger charge is 2.38. The average molecular weight is 486 g/mol. The van der Waals surface area contributed by atoms with Crippen LogP contribution in [0.15, 0.2) is 29.2 Å². The predicted octanol–water partition coefficient (Wildman–Crippen LogP) is 4.57. The molecule has 170 valence electrons. The van der Waals surface area contributed by atoms with E-state index in [1.165, 1.54) is 45.0 Å². The predicted molar refractivity (Wildman–Crippen MR) is 101 cm³/mol. The fourth-order valence-electron chi connectivity index (χ4n) is 2.48. The lowest BCUT2D eigenvalue weighted by atomic mass is 10.2. The summed E-state index contributed by atoms with van der Waals surface area (Å²) in [6.07, 6.45) is 0. The molecule has 12 heteroatoms. The minimum Gasteiger partial charge on any atom is -0.459 e. The fourth-order valence-corrected chi connectivity index (χ4v) is 4.09. The molecule has 0 saturated carbocycles. The summed E-state index contributed by atoms with van der Waals surface area (Å²) in [7, 11) is -5.38. The van der Waals surface area contributed by atoms with E-state index in [-0.39, 0.29) is 9.87 Å². The van der Waals surface area contributed by atoms with Crippen molar-refractivity contribution in [1.82, 2.24) is 4.31 Å². The topological polar surface area (TPSA) is 63.7 Å². The lowest BCUT2D eigenvalue weighted by molar-refractivity contribution is -0.155. The number of nitrogens with zero attached hydrogens (tertiary/aromatic N) is 1. The monoisotopic (exact) mass is 485 g/mol. The first-order valence-electron chi connectivity index (χ1n) is 8.63. The summed E-state index contributed by atoms with van der Waals surface area (Å²) in [5.41, 5.74) is -0.808. The van der Waals surface area contributed by atoms with Crippen molar-refractivity contribution in [3.63, 3.8) is 0 Å². The Hall–Kier alpha value is -2.24. The number of benzene rings is 2. The van der Waals surface area contributed by atoms with Gasteiger partial charge in [0.05, 0.1) is 0 Å². The Balaban J connectivity index is 2.59. The van der Waals surface area contributed by atoms with Gasteiger partial charge in [0.25, 0.3) is 0 Å². The molecule has 0 aliphatic heterocycles. The second-order valence-electron chi connectivity index (χ2n) is 7.39. The highest BCUT2D eigenvalue weighted by Crippen LogP contribution is 2.30. The van der Waals surface area contributed by atoms with E-state index >= 15 is 0 Å². The summed E-state index contributed by atoms with van der Waals surface area (Å²) in [5.74, 6) is -13.6. The Labute approximate surface area is 180 Å². The Morgan fingerprint density at radius 3 is 1.84 bits per heavy atom. The van der Waals surface area contributed by atoms with Gasteiger partial charge in [0, 0.05) is 11.6 Å². The molecule has 0 aromatic heterocycles. The second kappa shape index (κ2) is 9.09. The molecule has 0 N–H and O–H groups in total. The highest BCUT2D eigenvalue weighted by atomic mass is 35.5. The minimum atomic E-state index is -5.38.